The molecule has 1 atom stereocenters. The highest BCUT2D eigenvalue weighted by Crippen LogP contribution is 2.44. The topological polar surface area (TPSA) is 70.5 Å². The third kappa shape index (κ3) is 3.98. The molecule has 2 heterocycles. The Morgan fingerprint density at radius 2 is 1.55 bits per heavy atom. The summed E-state index contributed by atoms with van der Waals surface area (Å²) in [5.41, 5.74) is 3.12. The van der Waals surface area contributed by atoms with Crippen molar-refractivity contribution in [3.63, 3.8) is 0 Å². The van der Waals surface area contributed by atoms with Crippen LogP contribution in [-0.2, 0) is 15.0 Å². The first kappa shape index (κ1) is 24.1. The second-order valence-electron chi connectivity index (χ2n) is 10.6. The summed E-state index contributed by atoms with van der Waals surface area (Å²) in [6.45, 7) is 6.40. The van der Waals surface area contributed by atoms with Crippen LogP contribution in [-0.4, -0.2) is 21.8 Å². The Morgan fingerprint density at radius 1 is 0.868 bits per heavy atom. The molecule has 5 nitrogen and oxygen atoms in total. The van der Waals surface area contributed by atoms with Crippen molar-refractivity contribution in [2.75, 3.05) is 4.90 Å². The second kappa shape index (κ2) is 8.92. The van der Waals surface area contributed by atoms with Gasteiger partial charge >= 0.3 is 5.91 Å². The molecular weight excluding hydrogens is 492 g/mol. The molecule has 1 aliphatic rings. The maximum absolute atomic E-state index is 13.6. The number of fused-ring (bicyclic) bond motifs is 2. The summed E-state index contributed by atoms with van der Waals surface area (Å²) in [5, 5.41) is 13.9. The van der Waals surface area contributed by atoms with Crippen LogP contribution in [0.15, 0.2) is 96.6 Å². The van der Waals surface area contributed by atoms with Crippen molar-refractivity contribution in [1.82, 2.24) is 4.98 Å². The molecule has 1 N–H and O–H groups in total. The first-order chi connectivity index (χ1) is 18.2. The van der Waals surface area contributed by atoms with Gasteiger partial charge in [0.1, 0.15) is 5.76 Å². The van der Waals surface area contributed by atoms with Crippen LogP contribution in [0.4, 0.5) is 5.13 Å². The van der Waals surface area contributed by atoms with Crippen molar-refractivity contribution in [2.24, 2.45) is 0 Å². The summed E-state index contributed by atoms with van der Waals surface area (Å²) in [4.78, 5) is 33.2. The lowest BCUT2D eigenvalue weighted by Gasteiger charge is -2.24. The number of aliphatic hydroxyl groups is 1. The minimum atomic E-state index is -0.809. The number of aliphatic hydroxyl groups excluding tert-OH is 1. The lowest BCUT2D eigenvalue weighted by Crippen LogP contribution is -2.29. The van der Waals surface area contributed by atoms with E-state index in [-0.39, 0.29) is 16.7 Å². The normalized spacial score (nSPS) is 17.6. The van der Waals surface area contributed by atoms with Gasteiger partial charge in [-0.25, -0.2) is 4.98 Å². The fourth-order valence-corrected chi connectivity index (χ4v) is 5.96. The highest BCUT2D eigenvalue weighted by Gasteiger charge is 2.48. The van der Waals surface area contributed by atoms with Crippen LogP contribution in [0, 0.1) is 0 Å². The number of amides is 1. The molecule has 0 bridgehead atoms. The Bertz CT molecular complexity index is 1730. The predicted molar refractivity (Wildman–Crippen MR) is 153 cm³/mol. The Labute approximate surface area is 224 Å². The van der Waals surface area contributed by atoms with Crippen LogP contribution < -0.4 is 4.90 Å². The molecule has 0 saturated carbocycles. The summed E-state index contributed by atoms with van der Waals surface area (Å²) in [6.07, 6.45) is 0. The van der Waals surface area contributed by atoms with E-state index >= 15 is 0 Å². The number of Topliss-reactive ketones (excluding diaryl/α,β-unsaturated/α-hetero) is 1. The quantitative estimate of drug-likeness (QED) is 0.154. The zero-order valence-electron chi connectivity index (χ0n) is 21.3. The average Bonchev–Trinajstić information content (AvgIpc) is 3.46. The van der Waals surface area contributed by atoms with Gasteiger partial charge in [0.05, 0.1) is 21.8 Å². The standard InChI is InChI=1S/C32H26N2O3S/c1-32(2,3)23-16-14-20(15-17-23)27-26(28(35)22-13-12-19-8-4-5-9-21(19)18-22)29(36)30(37)34(27)31-33-24-10-6-7-11-25(24)38-31/h4-18,27,35H,1-3H3/b28-26+. The summed E-state index contributed by atoms with van der Waals surface area (Å²) < 4.78 is 0.917. The maximum atomic E-state index is 13.6. The van der Waals surface area contributed by atoms with Gasteiger partial charge in [0.15, 0.2) is 5.13 Å². The zero-order valence-corrected chi connectivity index (χ0v) is 22.1. The Kier molecular flexibility index (Phi) is 5.65. The number of aromatic nitrogens is 1. The number of carbonyl (C=O) groups is 2. The molecule has 5 aromatic rings. The zero-order chi connectivity index (χ0) is 26.6. The molecule has 188 valence electrons. The minimum absolute atomic E-state index is 0.0571. The van der Waals surface area contributed by atoms with Gasteiger partial charge in [-0.15, -0.1) is 0 Å². The van der Waals surface area contributed by atoms with Gasteiger partial charge in [0.25, 0.3) is 5.78 Å². The van der Waals surface area contributed by atoms with Gasteiger partial charge in [-0.3, -0.25) is 14.5 Å². The Morgan fingerprint density at radius 3 is 2.26 bits per heavy atom. The number of para-hydroxylation sites is 1. The fraction of sp³-hybridized carbons (Fsp3) is 0.156. The first-order valence-corrected chi connectivity index (χ1v) is 13.3. The number of benzene rings is 4. The fourth-order valence-electron chi connectivity index (χ4n) is 4.97. The third-order valence-corrected chi connectivity index (χ3v) is 8.08. The molecule has 1 amide bonds. The summed E-state index contributed by atoms with van der Waals surface area (Å²) in [7, 11) is 0. The molecule has 1 aromatic heterocycles. The van der Waals surface area contributed by atoms with E-state index in [1.165, 1.54) is 16.2 Å². The van der Waals surface area contributed by atoms with Gasteiger partial charge < -0.3 is 5.11 Å². The maximum Gasteiger partial charge on any atom is 0.301 e. The SMILES string of the molecule is CC(C)(C)c1ccc(C2/C(=C(\O)c3ccc4ccccc4c3)C(=O)C(=O)N2c2nc3ccccc3s2)cc1. The molecular formula is C32H26N2O3S. The van der Waals surface area contributed by atoms with Crippen molar-refractivity contribution in [2.45, 2.75) is 32.2 Å². The number of rotatable bonds is 3. The van der Waals surface area contributed by atoms with Crippen LogP contribution >= 0.6 is 11.3 Å². The van der Waals surface area contributed by atoms with Crippen LogP contribution in [0.3, 0.4) is 0 Å². The van der Waals surface area contributed by atoms with Crippen LogP contribution in [0.5, 0.6) is 0 Å². The molecule has 6 rings (SSSR count). The van der Waals surface area contributed by atoms with E-state index < -0.39 is 17.7 Å². The number of hydrogen-bond acceptors (Lipinski definition) is 5. The summed E-state index contributed by atoms with van der Waals surface area (Å²) >= 11 is 1.36. The van der Waals surface area contributed by atoms with E-state index in [9.17, 15) is 14.7 Å². The lowest BCUT2D eigenvalue weighted by atomic mass is 9.85. The Hall–Kier alpha value is -4.29. The molecule has 38 heavy (non-hydrogen) atoms. The monoisotopic (exact) mass is 518 g/mol. The second-order valence-corrected chi connectivity index (χ2v) is 11.6. The average molecular weight is 519 g/mol. The first-order valence-electron chi connectivity index (χ1n) is 12.5. The van der Waals surface area contributed by atoms with Crippen molar-refractivity contribution >= 4 is 54.9 Å². The molecule has 1 fully saturated rings. The number of hydrogen-bond donors (Lipinski definition) is 1. The summed E-state index contributed by atoms with van der Waals surface area (Å²) in [5.74, 6) is -1.61. The van der Waals surface area contributed by atoms with E-state index in [0.29, 0.717) is 10.7 Å². The van der Waals surface area contributed by atoms with E-state index in [4.69, 9.17) is 0 Å². The molecule has 0 aliphatic carbocycles. The number of nitrogens with zero attached hydrogens (tertiary/aromatic N) is 2. The number of anilines is 1. The van der Waals surface area contributed by atoms with E-state index in [1.54, 1.807) is 6.07 Å². The molecule has 0 radical (unpaired) electrons. The van der Waals surface area contributed by atoms with Gasteiger partial charge in [-0.05, 0) is 45.5 Å². The van der Waals surface area contributed by atoms with Crippen molar-refractivity contribution in [1.29, 1.82) is 0 Å². The van der Waals surface area contributed by atoms with Gasteiger partial charge in [0, 0.05) is 5.56 Å². The smallest absolute Gasteiger partial charge is 0.301 e. The number of thiazole rings is 1. The van der Waals surface area contributed by atoms with Crippen molar-refractivity contribution in [3.05, 3.63) is 113 Å². The molecule has 1 aliphatic heterocycles. The highest BCUT2D eigenvalue weighted by molar-refractivity contribution is 7.22. The van der Waals surface area contributed by atoms with Gasteiger partial charge in [-0.1, -0.05) is 105 Å². The predicted octanol–water partition coefficient (Wildman–Crippen LogP) is 7.37. The Balaban J connectivity index is 1.56. The largest absolute Gasteiger partial charge is 0.507 e. The van der Waals surface area contributed by atoms with E-state index in [2.05, 4.69) is 25.8 Å². The number of carbonyl (C=O) groups excluding carboxylic acids is 2. The lowest BCUT2D eigenvalue weighted by molar-refractivity contribution is -0.132. The van der Waals surface area contributed by atoms with Crippen LogP contribution in [0.25, 0.3) is 26.7 Å². The molecule has 4 aromatic carbocycles. The molecule has 1 unspecified atom stereocenters. The van der Waals surface area contributed by atoms with E-state index in [1.807, 2.05) is 84.9 Å². The van der Waals surface area contributed by atoms with Crippen molar-refractivity contribution in [3.8, 4) is 0 Å². The summed E-state index contributed by atoms with van der Waals surface area (Å²) in [6, 6.07) is 28.1. The van der Waals surface area contributed by atoms with Crippen molar-refractivity contribution < 1.29 is 14.7 Å². The van der Waals surface area contributed by atoms with Gasteiger partial charge in [-0.2, -0.15) is 0 Å². The third-order valence-electron chi connectivity index (χ3n) is 7.05. The van der Waals surface area contributed by atoms with Crippen LogP contribution in [0.2, 0.25) is 0 Å². The minimum Gasteiger partial charge on any atom is -0.507 e. The number of ketones is 1. The molecule has 1 saturated heterocycles. The van der Waals surface area contributed by atoms with Gasteiger partial charge in [0.2, 0.25) is 0 Å². The molecule has 0 spiro atoms. The van der Waals surface area contributed by atoms with E-state index in [0.717, 1.165) is 32.1 Å². The highest BCUT2D eigenvalue weighted by atomic mass is 32.1. The molecule has 6 heteroatoms. The van der Waals surface area contributed by atoms with Crippen LogP contribution in [0.1, 0.15) is 43.5 Å².